The summed E-state index contributed by atoms with van der Waals surface area (Å²) in [5, 5.41) is 17.3. The third-order valence-electron chi connectivity index (χ3n) is 6.25. The van der Waals surface area contributed by atoms with Crippen LogP contribution in [-0.2, 0) is 4.74 Å². The minimum absolute atomic E-state index is 0.0671. The molecule has 6 nitrogen and oxygen atoms in total. The number of carbonyl (C=O) groups is 2. The molecule has 2 aromatic rings. The molecule has 2 atom stereocenters. The second kappa shape index (κ2) is 18.3. The molecule has 2 rings (SSSR count). The molecule has 0 amide bonds. The van der Waals surface area contributed by atoms with Gasteiger partial charge in [-0.15, -0.1) is 0 Å². The molecule has 2 aromatic carbocycles. The SMILES string of the molecule is CCCCC(CC)COC(=O)c1ccccc1OCC(CC)CCCC.O=C(O)c1ccccc1O. The highest BCUT2D eigenvalue weighted by atomic mass is 16.5. The van der Waals surface area contributed by atoms with Crippen LogP contribution in [0.3, 0.4) is 0 Å². The Kier molecular flexibility index (Phi) is 15.7. The van der Waals surface area contributed by atoms with E-state index in [0.717, 1.165) is 19.3 Å². The Hall–Kier alpha value is -3.02. The number of para-hydroxylation sites is 2. The van der Waals surface area contributed by atoms with Crippen LogP contribution in [0.2, 0.25) is 0 Å². The summed E-state index contributed by atoms with van der Waals surface area (Å²) in [6, 6.07) is 13.3. The molecule has 0 heterocycles. The van der Waals surface area contributed by atoms with Crippen LogP contribution in [-0.4, -0.2) is 35.4 Å². The number of unbranched alkanes of at least 4 members (excludes halogenated alkanes) is 2. The van der Waals surface area contributed by atoms with E-state index in [1.165, 1.54) is 44.2 Å². The van der Waals surface area contributed by atoms with Crippen molar-refractivity contribution in [1.82, 2.24) is 0 Å². The van der Waals surface area contributed by atoms with Crippen LogP contribution in [0.25, 0.3) is 0 Å². The maximum Gasteiger partial charge on any atom is 0.341 e. The topological polar surface area (TPSA) is 93.1 Å². The zero-order chi connectivity index (χ0) is 26.8. The van der Waals surface area contributed by atoms with Gasteiger partial charge in [-0.25, -0.2) is 9.59 Å². The third-order valence-corrected chi connectivity index (χ3v) is 6.25. The highest BCUT2D eigenvalue weighted by molar-refractivity contribution is 5.92. The van der Waals surface area contributed by atoms with Gasteiger partial charge in [0.05, 0.1) is 13.2 Å². The molecule has 0 radical (unpaired) electrons. The predicted octanol–water partition coefficient (Wildman–Crippen LogP) is 7.75. The highest BCUT2D eigenvalue weighted by Gasteiger charge is 2.17. The van der Waals surface area contributed by atoms with Gasteiger partial charge in [0, 0.05) is 0 Å². The van der Waals surface area contributed by atoms with E-state index in [1.807, 2.05) is 18.2 Å². The predicted molar refractivity (Wildman–Crippen MR) is 144 cm³/mol. The minimum Gasteiger partial charge on any atom is -0.507 e. The smallest absolute Gasteiger partial charge is 0.341 e. The summed E-state index contributed by atoms with van der Waals surface area (Å²) in [6.07, 6.45) is 9.23. The number of ether oxygens (including phenoxy) is 2. The largest absolute Gasteiger partial charge is 0.507 e. The fourth-order valence-electron chi connectivity index (χ4n) is 3.69. The van der Waals surface area contributed by atoms with Gasteiger partial charge in [0.15, 0.2) is 0 Å². The fraction of sp³-hybridized carbons (Fsp3) is 0.533. The van der Waals surface area contributed by atoms with Gasteiger partial charge in [-0.1, -0.05) is 90.5 Å². The molecule has 2 N–H and O–H groups in total. The summed E-state index contributed by atoms with van der Waals surface area (Å²) < 4.78 is 11.6. The lowest BCUT2D eigenvalue weighted by Crippen LogP contribution is -2.16. The molecule has 0 bridgehead atoms. The lowest BCUT2D eigenvalue weighted by Gasteiger charge is -2.18. The first kappa shape index (κ1) is 31.0. The van der Waals surface area contributed by atoms with E-state index < -0.39 is 5.97 Å². The fourth-order valence-corrected chi connectivity index (χ4v) is 3.69. The van der Waals surface area contributed by atoms with E-state index in [4.69, 9.17) is 19.7 Å². The normalized spacial score (nSPS) is 12.1. The summed E-state index contributed by atoms with van der Waals surface area (Å²) in [5.41, 5.74) is 0.477. The molecule has 200 valence electrons. The molecule has 0 spiro atoms. The van der Waals surface area contributed by atoms with Gasteiger partial charge in [-0.2, -0.15) is 0 Å². The molecule has 0 aromatic heterocycles. The van der Waals surface area contributed by atoms with Gasteiger partial charge < -0.3 is 19.7 Å². The van der Waals surface area contributed by atoms with E-state index in [2.05, 4.69) is 27.7 Å². The molecule has 0 aliphatic rings. The summed E-state index contributed by atoms with van der Waals surface area (Å²) in [7, 11) is 0. The summed E-state index contributed by atoms with van der Waals surface area (Å²) in [4.78, 5) is 22.8. The van der Waals surface area contributed by atoms with E-state index in [-0.39, 0.29) is 17.3 Å². The van der Waals surface area contributed by atoms with Crippen LogP contribution in [0, 0.1) is 11.8 Å². The van der Waals surface area contributed by atoms with Gasteiger partial charge in [0.25, 0.3) is 0 Å². The second-order valence-electron chi connectivity index (χ2n) is 9.06. The lowest BCUT2D eigenvalue weighted by atomic mass is 10.0. The number of rotatable bonds is 15. The van der Waals surface area contributed by atoms with E-state index in [9.17, 15) is 9.59 Å². The Bertz CT molecular complexity index is 895. The number of hydrogen-bond donors (Lipinski definition) is 2. The first-order valence-electron chi connectivity index (χ1n) is 13.3. The number of carbonyl (C=O) groups excluding carboxylic acids is 1. The zero-order valence-corrected chi connectivity index (χ0v) is 22.4. The molecule has 0 saturated heterocycles. The van der Waals surface area contributed by atoms with Crippen molar-refractivity contribution in [3.8, 4) is 11.5 Å². The number of aromatic carboxylic acids is 1. The Labute approximate surface area is 216 Å². The van der Waals surface area contributed by atoms with E-state index in [0.29, 0.717) is 36.4 Å². The lowest BCUT2D eigenvalue weighted by molar-refractivity contribution is 0.0422. The number of hydrogen-bond acceptors (Lipinski definition) is 5. The van der Waals surface area contributed by atoms with Crippen LogP contribution < -0.4 is 4.74 Å². The molecule has 0 aliphatic carbocycles. The molecule has 2 unspecified atom stereocenters. The molecule has 36 heavy (non-hydrogen) atoms. The van der Waals surface area contributed by atoms with Crippen molar-refractivity contribution in [2.24, 2.45) is 11.8 Å². The van der Waals surface area contributed by atoms with Gasteiger partial charge in [0.1, 0.15) is 22.6 Å². The van der Waals surface area contributed by atoms with Gasteiger partial charge in [0.2, 0.25) is 0 Å². The molecule has 0 fully saturated rings. The van der Waals surface area contributed by atoms with Gasteiger partial charge in [-0.05, 0) is 48.9 Å². The van der Waals surface area contributed by atoms with Crippen molar-refractivity contribution >= 4 is 11.9 Å². The van der Waals surface area contributed by atoms with Crippen LogP contribution in [0.15, 0.2) is 48.5 Å². The average molecular weight is 501 g/mol. The number of carboxylic acid groups (broad SMARTS) is 1. The minimum atomic E-state index is -1.11. The Balaban J connectivity index is 0.000000537. The van der Waals surface area contributed by atoms with Crippen molar-refractivity contribution in [3.05, 3.63) is 59.7 Å². The van der Waals surface area contributed by atoms with Gasteiger partial charge in [-0.3, -0.25) is 0 Å². The molecular weight excluding hydrogens is 456 g/mol. The highest BCUT2D eigenvalue weighted by Crippen LogP contribution is 2.23. The van der Waals surface area contributed by atoms with Crippen molar-refractivity contribution in [2.45, 2.75) is 79.1 Å². The first-order valence-corrected chi connectivity index (χ1v) is 13.3. The summed E-state index contributed by atoms with van der Waals surface area (Å²) in [6.45, 7) is 9.92. The van der Waals surface area contributed by atoms with E-state index >= 15 is 0 Å². The first-order chi connectivity index (χ1) is 17.4. The second-order valence-corrected chi connectivity index (χ2v) is 9.06. The zero-order valence-electron chi connectivity index (χ0n) is 22.4. The number of phenols is 1. The number of aromatic hydroxyl groups is 1. The van der Waals surface area contributed by atoms with Gasteiger partial charge >= 0.3 is 11.9 Å². The number of esters is 1. The Morgan fingerprint density at radius 2 is 1.31 bits per heavy atom. The maximum absolute atomic E-state index is 12.5. The van der Waals surface area contributed by atoms with Crippen LogP contribution in [0.4, 0.5) is 0 Å². The summed E-state index contributed by atoms with van der Waals surface area (Å²) >= 11 is 0. The third kappa shape index (κ3) is 11.6. The van der Waals surface area contributed by atoms with Crippen molar-refractivity contribution in [3.63, 3.8) is 0 Å². The number of benzene rings is 2. The van der Waals surface area contributed by atoms with Crippen LogP contribution in [0.5, 0.6) is 11.5 Å². The number of carboxylic acids is 1. The van der Waals surface area contributed by atoms with Crippen LogP contribution in [0.1, 0.15) is 99.8 Å². The quantitative estimate of drug-likeness (QED) is 0.243. The van der Waals surface area contributed by atoms with Crippen molar-refractivity contribution < 1.29 is 29.3 Å². The molecule has 0 aliphatic heterocycles. The molecule has 0 saturated carbocycles. The van der Waals surface area contributed by atoms with E-state index in [1.54, 1.807) is 18.2 Å². The van der Waals surface area contributed by atoms with Crippen LogP contribution >= 0.6 is 0 Å². The average Bonchev–Trinajstić information content (AvgIpc) is 2.89. The molecule has 6 heteroatoms. The Morgan fingerprint density at radius 3 is 1.81 bits per heavy atom. The summed E-state index contributed by atoms with van der Waals surface area (Å²) in [5.74, 6) is 0.0577. The van der Waals surface area contributed by atoms with Crippen molar-refractivity contribution in [1.29, 1.82) is 0 Å². The Morgan fingerprint density at radius 1 is 0.778 bits per heavy atom. The molecular formula is C30H44O6. The van der Waals surface area contributed by atoms with Crippen molar-refractivity contribution in [2.75, 3.05) is 13.2 Å². The monoisotopic (exact) mass is 500 g/mol. The maximum atomic E-state index is 12.5. The standard InChI is InChI=1S/C23H38O3.C7H6O3/c1-5-9-13-19(7-3)17-25-22-16-12-11-15-21(22)23(24)26-18-20(8-4)14-10-6-2;8-6-4-2-1-3-5(6)7(9)10/h11-12,15-16,19-20H,5-10,13-14,17-18H2,1-4H3;1-4,8H,(H,9,10).